The first kappa shape index (κ1) is 19.7. The number of sulfonamides is 1. The number of furan rings is 2. The molecule has 3 rings (SSSR count). The molecule has 0 aliphatic heterocycles. The molecule has 0 saturated heterocycles. The number of ether oxygens (including phenoxy) is 1. The van der Waals surface area contributed by atoms with Crippen LogP contribution in [0.4, 0.5) is 5.69 Å². The third-order valence-electron chi connectivity index (χ3n) is 3.95. The molecule has 9 heteroatoms. The monoisotopic (exact) mass is 404 g/mol. The van der Waals surface area contributed by atoms with Crippen LogP contribution in [0.3, 0.4) is 0 Å². The zero-order chi connectivity index (χ0) is 20.1. The standard InChI is InChI=1S/C19H20N2O6S/c1-14(22)20-18-8-7-17(11-19(18)25-2)28(23,24)21(12-15-5-3-9-26-15)13-16-6-4-10-27-16/h3-11H,12-13H2,1-2H3,(H,20,22). The summed E-state index contributed by atoms with van der Waals surface area (Å²) < 4.78 is 43.7. The van der Waals surface area contributed by atoms with Crippen molar-refractivity contribution in [2.24, 2.45) is 0 Å². The van der Waals surface area contributed by atoms with Gasteiger partial charge in [0, 0.05) is 13.0 Å². The maximum atomic E-state index is 13.3. The maximum Gasteiger partial charge on any atom is 0.244 e. The van der Waals surface area contributed by atoms with Crippen LogP contribution in [-0.4, -0.2) is 25.7 Å². The number of anilines is 1. The largest absolute Gasteiger partial charge is 0.495 e. The van der Waals surface area contributed by atoms with Gasteiger partial charge >= 0.3 is 0 Å². The number of hydrogen-bond donors (Lipinski definition) is 1. The number of nitrogens with one attached hydrogen (secondary N) is 1. The van der Waals surface area contributed by atoms with Crippen LogP contribution in [-0.2, 0) is 27.9 Å². The number of carbonyl (C=O) groups excluding carboxylic acids is 1. The molecule has 3 aromatic rings. The Hall–Kier alpha value is -3.04. The van der Waals surface area contributed by atoms with Crippen LogP contribution >= 0.6 is 0 Å². The molecule has 0 unspecified atom stereocenters. The Labute approximate surface area is 162 Å². The predicted molar refractivity (Wildman–Crippen MR) is 101 cm³/mol. The van der Waals surface area contributed by atoms with E-state index in [9.17, 15) is 13.2 Å². The van der Waals surface area contributed by atoms with Crippen molar-refractivity contribution in [3.8, 4) is 5.75 Å². The summed E-state index contributed by atoms with van der Waals surface area (Å²) in [6, 6.07) is 11.1. The topological polar surface area (TPSA) is 102 Å². The average Bonchev–Trinajstić information content (AvgIpc) is 3.35. The van der Waals surface area contributed by atoms with Gasteiger partial charge in [0.15, 0.2) is 0 Å². The van der Waals surface area contributed by atoms with Gasteiger partial charge in [-0.2, -0.15) is 4.31 Å². The first-order valence-electron chi connectivity index (χ1n) is 8.40. The van der Waals surface area contributed by atoms with Crippen LogP contribution in [0.25, 0.3) is 0 Å². The minimum Gasteiger partial charge on any atom is -0.495 e. The molecular weight excluding hydrogens is 384 g/mol. The van der Waals surface area contributed by atoms with Gasteiger partial charge in [0.25, 0.3) is 0 Å². The second-order valence-corrected chi connectivity index (χ2v) is 7.91. The lowest BCUT2D eigenvalue weighted by Crippen LogP contribution is -2.30. The van der Waals surface area contributed by atoms with E-state index in [1.54, 1.807) is 24.3 Å². The molecule has 1 N–H and O–H groups in total. The summed E-state index contributed by atoms with van der Waals surface area (Å²) in [5.41, 5.74) is 0.387. The van der Waals surface area contributed by atoms with E-state index in [1.807, 2.05) is 0 Å². The summed E-state index contributed by atoms with van der Waals surface area (Å²) in [5, 5.41) is 2.60. The molecule has 0 bridgehead atoms. The van der Waals surface area contributed by atoms with E-state index in [1.165, 1.54) is 49.1 Å². The quantitative estimate of drug-likeness (QED) is 0.618. The van der Waals surface area contributed by atoms with E-state index in [-0.39, 0.29) is 29.6 Å². The lowest BCUT2D eigenvalue weighted by Gasteiger charge is -2.21. The summed E-state index contributed by atoms with van der Waals surface area (Å²) in [7, 11) is -2.51. The minimum absolute atomic E-state index is 0.0246. The molecule has 0 radical (unpaired) electrons. The van der Waals surface area contributed by atoms with Gasteiger partial charge in [-0.1, -0.05) is 0 Å². The molecule has 0 spiro atoms. The molecule has 0 atom stereocenters. The second-order valence-electron chi connectivity index (χ2n) is 5.98. The van der Waals surface area contributed by atoms with Gasteiger partial charge in [0.05, 0.1) is 43.3 Å². The fraction of sp³-hybridized carbons (Fsp3) is 0.211. The number of benzene rings is 1. The molecule has 1 amide bonds. The highest BCUT2D eigenvalue weighted by Crippen LogP contribution is 2.30. The van der Waals surface area contributed by atoms with Gasteiger partial charge in [-0.15, -0.1) is 0 Å². The Morgan fingerprint density at radius 1 is 1.07 bits per heavy atom. The summed E-state index contributed by atoms with van der Waals surface area (Å²) >= 11 is 0. The lowest BCUT2D eigenvalue weighted by atomic mass is 10.3. The van der Waals surface area contributed by atoms with Gasteiger partial charge in [0.2, 0.25) is 15.9 Å². The van der Waals surface area contributed by atoms with Gasteiger partial charge in [-0.05, 0) is 36.4 Å². The highest BCUT2D eigenvalue weighted by atomic mass is 32.2. The zero-order valence-electron chi connectivity index (χ0n) is 15.4. The number of amides is 1. The first-order valence-corrected chi connectivity index (χ1v) is 9.84. The molecule has 1 aromatic carbocycles. The van der Waals surface area contributed by atoms with E-state index in [0.29, 0.717) is 17.2 Å². The number of rotatable bonds is 8. The van der Waals surface area contributed by atoms with Crippen LogP contribution in [0.15, 0.2) is 68.7 Å². The lowest BCUT2D eigenvalue weighted by molar-refractivity contribution is -0.114. The van der Waals surface area contributed by atoms with E-state index in [2.05, 4.69) is 5.32 Å². The molecule has 0 aliphatic rings. The van der Waals surface area contributed by atoms with Crippen molar-refractivity contribution in [1.82, 2.24) is 4.31 Å². The minimum atomic E-state index is -3.91. The number of methoxy groups -OCH3 is 1. The third kappa shape index (κ3) is 4.44. The fourth-order valence-corrected chi connectivity index (χ4v) is 4.04. The third-order valence-corrected chi connectivity index (χ3v) is 5.73. The van der Waals surface area contributed by atoms with Crippen molar-refractivity contribution < 1.29 is 26.8 Å². The van der Waals surface area contributed by atoms with Gasteiger partial charge in [0.1, 0.15) is 17.3 Å². The number of carbonyl (C=O) groups is 1. The molecule has 2 aromatic heterocycles. The Morgan fingerprint density at radius 3 is 2.14 bits per heavy atom. The maximum absolute atomic E-state index is 13.3. The van der Waals surface area contributed by atoms with E-state index in [0.717, 1.165) is 0 Å². The van der Waals surface area contributed by atoms with Crippen LogP contribution in [0.5, 0.6) is 5.75 Å². The smallest absolute Gasteiger partial charge is 0.244 e. The molecule has 0 saturated carbocycles. The van der Waals surface area contributed by atoms with Crippen LogP contribution in [0.1, 0.15) is 18.4 Å². The highest BCUT2D eigenvalue weighted by Gasteiger charge is 2.27. The second kappa shape index (κ2) is 8.32. The van der Waals surface area contributed by atoms with Crippen LogP contribution in [0.2, 0.25) is 0 Å². The normalized spacial score (nSPS) is 11.5. The van der Waals surface area contributed by atoms with Crippen molar-refractivity contribution in [3.63, 3.8) is 0 Å². The Bertz CT molecular complexity index is 990. The summed E-state index contributed by atoms with van der Waals surface area (Å²) in [5.74, 6) is 0.951. The molecule has 148 valence electrons. The van der Waals surface area contributed by atoms with Gasteiger partial charge < -0.3 is 18.9 Å². The predicted octanol–water partition coefficient (Wildman–Crippen LogP) is 3.23. The van der Waals surface area contributed by atoms with Crippen LogP contribution in [0, 0.1) is 0 Å². The van der Waals surface area contributed by atoms with Crippen molar-refractivity contribution in [1.29, 1.82) is 0 Å². The summed E-state index contributed by atoms with van der Waals surface area (Å²) in [6.45, 7) is 1.43. The molecule has 2 heterocycles. The van der Waals surface area contributed by atoms with Crippen molar-refractivity contribution in [2.75, 3.05) is 12.4 Å². The number of nitrogens with zero attached hydrogens (tertiary/aromatic N) is 1. The molecular formula is C19H20N2O6S. The Kier molecular flexibility index (Phi) is 5.86. The summed E-state index contributed by atoms with van der Waals surface area (Å²) in [4.78, 5) is 11.3. The highest BCUT2D eigenvalue weighted by molar-refractivity contribution is 7.89. The van der Waals surface area contributed by atoms with Crippen molar-refractivity contribution >= 4 is 21.6 Å². The van der Waals surface area contributed by atoms with E-state index < -0.39 is 10.0 Å². The zero-order valence-corrected chi connectivity index (χ0v) is 16.2. The first-order chi connectivity index (χ1) is 13.4. The molecule has 8 nitrogen and oxygen atoms in total. The Balaban J connectivity index is 1.96. The van der Waals surface area contributed by atoms with Gasteiger partial charge in [-0.25, -0.2) is 8.42 Å². The van der Waals surface area contributed by atoms with Crippen LogP contribution < -0.4 is 10.1 Å². The molecule has 28 heavy (non-hydrogen) atoms. The van der Waals surface area contributed by atoms with Gasteiger partial charge in [-0.3, -0.25) is 4.79 Å². The Morgan fingerprint density at radius 2 is 1.68 bits per heavy atom. The van der Waals surface area contributed by atoms with Crippen molar-refractivity contribution in [2.45, 2.75) is 24.9 Å². The fourth-order valence-electron chi connectivity index (χ4n) is 2.65. The van der Waals surface area contributed by atoms with E-state index >= 15 is 0 Å². The molecule has 0 aliphatic carbocycles. The van der Waals surface area contributed by atoms with E-state index in [4.69, 9.17) is 13.6 Å². The van der Waals surface area contributed by atoms with Crippen molar-refractivity contribution in [3.05, 3.63) is 66.5 Å². The molecule has 0 fully saturated rings. The number of hydrogen-bond acceptors (Lipinski definition) is 6. The average molecular weight is 404 g/mol. The summed E-state index contributed by atoms with van der Waals surface area (Å²) in [6.07, 6.45) is 2.97. The SMILES string of the molecule is COc1cc(S(=O)(=O)N(Cc2ccco2)Cc2ccco2)ccc1NC(C)=O.